The Bertz CT molecular complexity index is 2420. The lowest BCUT2D eigenvalue weighted by Crippen LogP contribution is -2.26. The van der Waals surface area contributed by atoms with E-state index in [1.807, 2.05) is 18.2 Å². The van der Waals surface area contributed by atoms with E-state index >= 15 is 0 Å². The van der Waals surface area contributed by atoms with Gasteiger partial charge in [0.1, 0.15) is 0 Å². The van der Waals surface area contributed by atoms with Gasteiger partial charge in [-0.1, -0.05) is 189 Å². The largest absolute Gasteiger partial charge is 0.248 e. The number of nitrogens with zero attached hydrogens (tertiary/aromatic N) is 1. The zero-order valence-corrected chi connectivity index (χ0v) is 28.0. The van der Waals surface area contributed by atoms with Gasteiger partial charge in [0, 0.05) is 11.1 Å². The van der Waals surface area contributed by atoms with Crippen molar-refractivity contribution in [3.8, 4) is 33.4 Å². The first-order chi connectivity index (χ1) is 24.6. The first kappa shape index (κ1) is 29.8. The SMILES string of the molecule is C=C(/N=C(\C1=C(C)C2(c3ccccc31)c1ccccc1-c1ccccc12)c1ccc(-c2ccc(-c3ccccc3)cc2)cc1)c1ccccc1. The van der Waals surface area contributed by atoms with Gasteiger partial charge in [0.05, 0.1) is 16.8 Å². The molecular weight excluding hydrogens is 603 g/mol. The molecule has 7 aromatic carbocycles. The lowest BCUT2D eigenvalue weighted by atomic mass is 9.70. The van der Waals surface area contributed by atoms with Crippen LogP contribution in [-0.2, 0) is 5.41 Å². The molecule has 0 fully saturated rings. The average Bonchev–Trinajstić information content (AvgIpc) is 3.64. The lowest BCUT2D eigenvalue weighted by Gasteiger charge is -2.31. The van der Waals surface area contributed by atoms with Gasteiger partial charge >= 0.3 is 0 Å². The normalized spacial score (nSPS) is 14.0. The average molecular weight is 638 g/mol. The molecule has 2 aliphatic rings. The molecule has 1 heteroatoms. The van der Waals surface area contributed by atoms with E-state index in [2.05, 4.69) is 177 Å². The second-order valence-corrected chi connectivity index (χ2v) is 13.2. The molecule has 0 amide bonds. The standard InChI is InChI=1S/C49H35N/c1-33-47(43-21-11-14-24-46(43)49(33)44-22-12-9-19-41(44)42-20-10-13-23-45(42)49)48(50-34(2)35-15-5-3-6-16-35)40-31-29-39(30-32-40)38-27-25-37(26-28-38)36-17-7-4-8-18-36/h3-32H,2H2,1H3/b50-48-. The van der Waals surface area contributed by atoms with Gasteiger partial charge in [0.15, 0.2) is 0 Å². The molecule has 1 nitrogen and oxygen atoms in total. The van der Waals surface area contributed by atoms with Crippen LogP contribution in [0.1, 0.15) is 40.3 Å². The Morgan fingerprint density at radius 2 is 0.820 bits per heavy atom. The monoisotopic (exact) mass is 637 g/mol. The zero-order valence-electron chi connectivity index (χ0n) is 28.0. The summed E-state index contributed by atoms with van der Waals surface area (Å²) in [7, 11) is 0. The van der Waals surface area contributed by atoms with Gasteiger partial charge in [-0.05, 0) is 73.7 Å². The van der Waals surface area contributed by atoms with Gasteiger partial charge in [0.25, 0.3) is 0 Å². The maximum atomic E-state index is 5.43. The molecule has 0 atom stereocenters. The summed E-state index contributed by atoms with van der Waals surface area (Å²) in [4.78, 5) is 5.43. The Hall–Kier alpha value is -6.31. The number of fused-ring (bicyclic) bond motifs is 7. The van der Waals surface area contributed by atoms with Crippen LogP contribution in [0.25, 0.3) is 44.7 Å². The highest BCUT2D eigenvalue weighted by Crippen LogP contribution is 2.62. The summed E-state index contributed by atoms with van der Waals surface area (Å²) < 4.78 is 0. The zero-order chi connectivity index (χ0) is 33.7. The van der Waals surface area contributed by atoms with Gasteiger partial charge in [-0.2, -0.15) is 0 Å². The second kappa shape index (κ2) is 12.0. The van der Waals surface area contributed by atoms with E-state index in [9.17, 15) is 0 Å². The van der Waals surface area contributed by atoms with Gasteiger partial charge in [-0.25, -0.2) is 4.99 Å². The molecule has 0 radical (unpaired) electrons. The van der Waals surface area contributed by atoms with Crippen molar-refractivity contribution < 1.29 is 0 Å². The summed E-state index contributed by atoms with van der Waals surface area (Å²) >= 11 is 0. The van der Waals surface area contributed by atoms with Crippen molar-refractivity contribution >= 4 is 17.0 Å². The molecule has 2 aliphatic carbocycles. The summed E-state index contributed by atoms with van der Waals surface area (Å²) in [6, 6.07) is 65.3. The van der Waals surface area contributed by atoms with Crippen LogP contribution in [0.4, 0.5) is 0 Å². The highest BCUT2D eigenvalue weighted by Gasteiger charge is 2.51. The molecule has 0 aromatic heterocycles. The van der Waals surface area contributed by atoms with Crippen LogP contribution in [0.5, 0.6) is 0 Å². The molecule has 1 spiro atoms. The van der Waals surface area contributed by atoms with Crippen molar-refractivity contribution in [1.29, 1.82) is 0 Å². The number of aliphatic imine (C=N–C) groups is 1. The van der Waals surface area contributed by atoms with Crippen LogP contribution in [0, 0.1) is 0 Å². The van der Waals surface area contributed by atoms with E-state index < -0.39 is 5.41 Å². The number of hydrogen-bond acceptors (Lipinski definition) is 1. The van der Waals surface area contributed by atoms with Crippen LogP contribution in [0.3, 0.4) is 0 Å². The van der Waals surface area contributed by atoms with Crippen LogP contribution in [0.2, 0.25) is 0 Å². The van der Waals surface area contributed by atoms with Crippen molar-refractivity contribution in [2.45, 2.75) is 12.3 Å². The van der Waals surface area contributed by atoms with Crippen molar-refractivity contribution in [1.82, 2.24) is 0 Å². The topological polar surface area (TPSA) is 12.4 Å². The van der Waals surface area contributed by atoms with E-state index in [-0.39, 0.29) is 0 Å². The minimum Gasteiger partial charge on any atom is -0.248 e. The highest BCUT2D eigenvalue weighted by atomic mass is 14.8. The third-order valence-electron chi connectivity index (χ3n) is 10.6. The van der Waals surface area contributed by atoms with Crippen molar-refractivity contribution in [3.05, 3.63) is 228 Å². The van der Waals surface area contributed by atoms with E-state index in [1.54, 1.807) is 0 Å². The Morgan fingerprint density at radius 3 is 1.36 bits per heavy atom. The fraction of sp³-hybridized carbons (Fsp3) is 0.0408. The summed E-state index contributed by atoms with van der Waals surface area (Å²) in [6.45, 7) is 6.81. The van der Waals surface area contributed by atoms with Gasteiger partial charge in [-0.15, -0.1) is 0 Å². The smallest absolute Gasteiger partial charge is 0.0787 e. The van der Waals surface area contributed by atoms with Crippen LogP contribution >= 0.6 is 0 Å². The van der Waals surface area contributed by atoms with E-state index in [1.165, 1.54) is 66.8 Å². The maximum Gasteiger partial charge on any atom is 0.0787 e. The Labute approximate surface area is 294 Å². The van der Waals surface area contributed by atoms with Crippen LogP contribution in [-0.4, -0.2) is 5.71 Å². The van der Waals surface area contributed by atoms with Gasteiger partial charge in [-0.3, -0.25) is 0 Å². The highest BCUT2D eigenvalue weighted by molar-refractivity contribution is 6.35. The summed E-state index contributed by atoms with van der Waals surface area (Å²) in [6.07, 6.45) is 0. The summed E-state index contributed by atoms with van der Waals surface area (Å²) in [5, 5.41) is 0. The fourth-order valence-corrected chi connectivity index (χ4v) is 8.26. The molecule has 0 saturated heterocycles. The van der Waals surface area contributed by atoms with Crippen molar-refractivity contribution in [2.24, 2.45) is 4.99 Å². The Morgan fingerprint density at radius 1 is 0.420 bits per heavy atom. The molecule has 7 aromatic rings. The lowest BCUT2D eigenvalue weighted by molar-refractivity contribution is 0.767. The fourth-order valence-electron chi connectivity index (χ4n) is 8.26. The van der Waals surface area contributed by atoms with E-state index in [0.717, 1.165) is 22.5 Å². The molecule has 0 bridgehead atoms. The molecule has 9 rings (SSSR count). The van der Waals surface area contributed by atoms with Crippen LogP contribution in [0.15, 0.2) is 199 Å². The van der Waals surface area contributed by atoms with Crippen molar-refractivity contribution in [3.63, 3.8) is 0 Å². The maximum absolute atomic E-state index is 5.43. The molecule has 0 saturated carbocycles. The number of allylic oxidation sites excluding steroid dienone is 2. The molecule has 0 N–H and O–H groups in total. The third-order valence-corrected chi connectivity index (χ3v) is 10.6. The quantitative estimate of drug-likeness (QED) is 0.161. The minimum absolute atomic E-state index is 0.408. The van der Waals surface area contributed by atoms with E-state index in [4.69, 9.17) is 4.99 Å². The van der Waals surface area contributed by atoms with Gasteiger partial charge < -0.3 is 0 Å². The molecule has 0 aliphatic heterocycles. The minimum atomic E-state index is -0.408. The number of rotatable bonds is 6. The molecule has 0 unspecified atom stereocenters. The van der Waals surface area contributed by atoms with Crippen molar-refractivity contribution in [2.75, 3.05) is 0 Å². The van der Waals surface area contributed by atoms with Crippen LogP contribution < -0.4 is 0 Å². The summed E-state index contributed by atoms with van der Waals surface area (Å²) in [5.41, 5.74) is 18.4. The third kappa shape index (κ3) is 4.59. The first-order valence-electron chi connectivity index (χ1n) is 17.2. The molecular formula is C49H35N. The predicted molar refractivity (Wildman–Crippen MR) is 210 cm³/mol. The molecule has 0 heterocycles. The molecule has 236 valence electrons. The first-order valence-corrected chi connectivity index (χ1v) is 17.2. The Kier molecular flexibility index (Phi) is 7.14. The summed E-state index contributed by atoms with van der Waals surface area (Å²) in [5.74, 6) is 0. The number of benzene rings is 7. The predicted octanol–water partition coefficient (Wildman–Crippen LogP) is 12.3. The van der Waals surface area contributed by atoms with E-state index in [0.29, 0.717) is 0 Å². The molecule has 50 heavy (non-hydrogen) atoms. The Balaban J connectivity index is 1.22. The van der Waals surface area contributed by atoms with Gasteiger partial charge in [0.2, 0.25) is 0 Å². The number of hydrogen-bond donors (Lipinski definition) is 0. The second-order valence-electron chi connectivity index (χ2n) is 13.2.